The number of hydrogen-bond donors (Lipinski definition) is 0. The Bertz CT molecular complexity index is 811. The van der Waals surface area contributed by atoms with Crippen molar-refractivity contribution in [1.29, 1.82) is 0 Å². The van der Waals surface area contributed by atoms with Gasteiger partial charge in [0, 0.05) is 12.8 Å². The van der Waals surface area contributed by atoms with Crippen LogP contribution in [0.4, 0.5) is 5.82 Å². The number of likely N-dealkylation sites (tertiary alicyclic amines) is 1. The highest BCUT2D eigenvalue weighted by molar-refractivity contribution is 7.91. The first-order chi connectivity index (χ1) is 12.3. The second-order valence-corrected chi connectivity index (χ2v) is 9.96. The zero-order valence-electron chi connectivity index (χ0n) is 14.9. The van der Waals surface area contributed by atoms with Crippen LogP contribution >= 0.6 is 11.6 Å². The highest BCUT2D eigenvalue weighted by atomic mass is 35.5. The molecule has 1 aromatic rings. The van der Waals surface area contributed by atoms with Gasteiger partial charge in [0.2, 0.25) is 5.28 Å². The van der Waals surface area contributed by atoms with Gasteiger partial charge in [0.05, 0.1) is 19.3 Å². The largest absolute Gasteiger partial charge is 0.486 e. The Balaban J connectivity index is 1.87. The Morgan fingerprint density at radius 2 is 1.92 bits per heavy atom. The van der Waals surface area contributed by atoms with E-state index < -0.39 is 14.6 Å². The van der Waals surface area contributed by atoms with Crippen molar-refractivity contribution in [3.8, 4) is 5.75 Å². The molecule has 10 heteroatoms. The molecule has 144 valence electrons. The van der Waals surface area contributed by atoms with Crippen LogP contribution in [-0.2, 0) is 19.3 Å². The third-order valence-electron chi connectivity index (χ3n) is 5.68. The summed E-state index contributed by atoms with van der Waals surface area (Å²) >= 11 is 6.23. The van der Waals surface area contributed by atoms with Gasteiger partial charge >= 0.3 is 0 Å². The molecular formula is C16H23ClN4O4S. The van der Waals surface area contributed by atoms with E-state index >= 15 is 0 Å². The molecule has 1 unspecified atom stereocenters. The smallest absolute Gasteiger partial charge is 0.224 e. The zero-order valence-corrected chi connectivity index (χ0v) is 16.5. The predicted molar refractivity (Wildman–Crippen MR) is 97.7 cm³/mol. The van der Waals surface area contributed by atoms with E-state index in [1.54, 1.807) is 0 Å². The van der Waals surface area contributed by atoms with Gasteiger partial charge in [-0.05, 0) is 44.6 Å². The number of sulfone groups is 1. The number of fused-ring (bicyclic) bond motifs is 3. The van der Waals surface area contributed by atoms with Crippen molar-refractivity contribution in [3.63, 3.8) is 0 Å². The Kier molecular flexibility index (Phi) is 4.53. The van der Waals surface area contributed by atoms with E-state index in [4.69, 9.17) is 21.1 Å². The Hall–Kier alpha value is -1.16. The van der Waals surface area contributed by atoms with Gasteiger partial charge in [-0.15, -0.1) is 0 Å². The molecule has 0 bridgehead atoms. The molecule has 26 heavy (non-hydrogen) atoms. The summed E-state index contributed by atoms with van der Waals surface area (Å²) in [5, 5.41) is 0.0523. The number of rotatable bonds is 2. The van der Waals surface area contributed by atoms with Crippen molar-refractivity contribution in [2.75, 3.05) is 57.7 Å². The maximum absolute atomic E-state index is 12.9. The monoisotopic (exact) mass is 402 g/mol. The number of hydrogen-bond acceptors (Lipinski definition) is 8. The Labute approximate surface area is 158 Å². The van der Waals surface area contributed by atoms with Gasteiger partial charge in [0.15, 0.2) is 21.4 Å². The molecule has 0 radical (unpaired) electrons. The number of anilines is 1. The standard InChI is InChI=1S/C16H23ClN4O4S/c1-20-5-3-16(4-6-20,26(2,22)23)13-12-14(19-15(17)18-13)21-7-8-24-9-11(21)10-25-12/h11H,3-10H2,1-2H3. The summed E-state index contributed by atoms with van der Waals surface area (Å²) in [6.07, 6.45) is 2.19. The first-order valence-electron chi connectivity index (χ1n) is 8.75. The lowest BCUT2D eigenvalue weighted by Crippen LogP contribution is -2.52. The highest BCUT2D eigenvalue weighted by Gasteiger charge is 2.50. The summed E-state index contributed by atoms with van der Waals surface area (Å²) in [5.74, 6) is 1.05. The second kappa shape index (κ2) is 6.47. The number of halogens is 1. The van der Waals surface area contributed by atoms with Gasteiger partial charge in [0.25, 0.3) is 0 Å². The highest BCUT2D eigenvalue weighted by Crippen LogP contribution is 2.47. The van der Waals surface area contributed by atoms with Gasteiger partial charge in [-0.1, -0.05) is 0 Å². The maximum Gasteiger partial charge on any atom is 0.224 e. The normalized spacial score (nSPS) is 26.0. The summed E-state index contributed by atoms with van der Waals surface area (Å²) in [6.45, 7) is 3.58. The topological polar surface area (TPSA) is 84.9 Å². The van der Waals surface area contributed by atoms with E-state index in [0.717, 1.165) is 0 Å². The van der Waals surface area contributed by atoms with E-state index in [2.05, 4.69) is 19.8 Å². The van der Waals surface area contributed by atoms with Crippen molar-refractivity contribution in [2.24, 2.45) is 0 Å². The molecular weight excluding hydrogens is 380 g/mol. The fraction of sp³-hybridized carbons (Fsp3) is 0.750. The summed E-state index contributed by atoms with van der Waals surface area (Å²) < 4.78 is 36.2. The summed E-state index contributed by atoms with van der Waals surface area (Å²) in [7, 11) is -1.45. The minimum Gasteiger partial charge on any atom is -0.486 e. The summed E-state index contributed by atoms with van der Waals surface area (Å²) in [6, 6.07) is 0.0572. The van der Waals surface area contributed by atoms with Crippen molar-refractivity contribution >= 4 is 27.3 Å². The lowest BCUT2D eigenvalue weighted by atomic mass is 9.91. The SMILES string of the molecule is CN1CCC(c2nc(Cl)nc3c2OCC2COCCN32)(S(C)(=O)=O)CC1. The van der Waals surface area contributed by atoms with Gasteiger partial charge in [-0.3, -0.25) is 0 Å². The van der Waals surface area contributed by atoms with Crippen LogP contribution in [0.2, 0.25) is 5.28 Å². The van der Waals surface area contributed by atoms with Crippen LogP contribution in [0.15, 0.2) is 0 Å². The molecule has 2 saturated heterocycles. The van der Waals surface area contributed by atoms with E-state index in [1.165, 1.54) is 6.26 Å². The molecule has 2 fully saturated rings. The van der Waals surface area contributed by atoms with Crippen molar-refractivity contribution < 1.29 is 17.9 Å². The van der Waals surface area contributed by atoms with Crippen LogP contribution < -0.4 is 9.64 Å². The van der Waals surface area contributed by atoms with Crippen LogP contribution in [-0.4, -0.2) is 82.1 Å². The van der Waals surface area contributed by atoms with E-state index in [-0.39, 0.29) is 11.3 Å². The zero-order chi connectivity index (χ0) is 18.5. The predicted octanol–water partition coefficient (Wildman–Crippen LogP) is 0.693. The molecule has 0 aromatic carbocycles. The van der Waals surface area contributed by atoms with Crippen LogP contribution in [0.3, 0.4) is 0 Å². The average Bonchev–Trinajstić information content (AvgIpc) is 2.61. The van der Waals surface area contributed by atoms with Crippen molar-refractivity contribution in [2.45, 2.75) is 23.6 Å². The Morgan fingerprint density at radius 3 is 2.62 bits per heavy atom. The van der Waals surface area contributed by atoms with Crippen molar-refractivity contribution in [3.05, 3.63) is 11.0 Å². The van der Waals surface area contributed by atoms with Gasteiger partial charge in [-0.2, -0.15) is 4.98 Å². The molecule has 0 spiro atoms. The van der Waals surface area contributed by atoms with Gasteiger partial charge in [-0.25, -0.2) is 13.4 Å². The first kappa shape index (κ1) is 18.2. The first-order valence-corrected chi connectivity index (χ1v) is 11.0. The van der Waals surface area contributed by atoms with Gasteiger partial charge < -0.3 is 19.3 Å². The minimum atomic E-state index is -3.44. The number of morpholine rings is 1. The molecule has 4 heterocycles. The second-order valence-electron chi connectivity index (χ2n) is 7.30. The quantitative estimate of drug-likeness (QED) is 0.668. The van der Waals surface area contributed by atoms with Crippen LogP contribution in [0.25, 0.3) is 0 Å². The number of nitrogens with zero attached hydrogens (tertiary/aromatic N) is 4. The summed E-state index contributed by atoms with van der Waals surface area (Å²) in [5.41, 5.74) is 0.410. The van der Waals surface area contributed by atoms with Crippen LogP contribution in [0, 0.1) is 0 Å². The molecule has 0 aliphatic carbocycles. The van der Waals surface area contributed by atoms with Crippen molar-refractivity contribution in [1.82, 2.24) is 14.9 Å². The van der Waals surface area contributed by atoms with E-state index in [9.17, 15) is 8.42 Å². The van der Waals surface area contributed by atoms with Crippen LogP contribution in [0.1, 0.15) is 18.5 Å². The molecule has 1 aromatic heterocycles. The molecule has 1 atom stereocenters. The van der Waals surface area contributed by atoms with E-state index in [0.29, 0.717) is 69.6 Å². The molecule has 0 saturated carbocycles. The number of piperidine rings is 1. The maximum atomic E-state index is 12.9. The number of aromatic nitrogens is 2. The fourth-order valence-electron chi connectivity index (χ4n) is 4.06. The molecule has 8 nitrogen and oxygen atoms in total. The third-order valence-corrected chi connectivity index (χ3v) is 7.87. The summed E-state index contributed by atoms with van der Waals surface area (Å²) in [4.78, 5) is 13.0. The molecule has 4 rings (SSSR count). The molecule has 3 aliphatic rings. The molecule has 0 N–H and O–H groups in total. The minimum absolute atomic E-state index is 0.0523. The lowest BCUT2D eigenvalue weighted by molar-refractivity contribution is 0.0688. The molecule has 3 aliphatic heterocycles. The fourth-order valence-corrected chi connectivity index (χ4v) is 5.64. The Morgan fingerprint density at radius 1 is 1.19 bits per heavy atom. The third kappa shape index (κ3) is 2.85. The lowest BCUT2D eigenvalue weighted by Gasteiger charge is -2.43. The van der Waals surface area contributed by atoms with Crippen LogP contribution in [0.5, 0.6) is 5.75 Å². The van der Waals surface area contributed by atoms with E-state index in [1.807, 2.05) is 7.05 Å². The average molecular weight is 403 g/mol. The number of ether oxygens (including phenoxy) is 2. The molecule has 0 amide bonds. The van der Waals surface area contributed by atoms with Gasteiger partial charge in [0.1, 0.15) is 17.0 Å².